The van der Waals surface area contributed by atoms with E-state index in [-0.39, 0.29) is 40.3 Å². The van der Waals surface area contributed by atoms with E-state index in [4.69, 9.17) is 5.73 Å². The van der Waals surface area contributed by atoms with E-state index in [1.54, 1.807) is 0 Å². The molecule has 0 spiro atoms. The Labute approximate surface area is 215 Å². The first-order valence-corrected chi connectivity index (χ1v) is 13.5. The Bertz CT molecular complexity index is 1260. The summed E-state index contributed by atoms with van der Waals surface area (Å²) in [5, 5.41) is 0. The molecule has 0 unspecified atom stereocenters. The second kappa shape index (κ2) is 10.5. The van der Waals surface area contributed by atoms with Crippen molar-refractivity contribution in [2.75, 3.05) is 17.2 Å². The van der Waals surface area contributed by atoms with Gasteiger partial charge in [-0.05, 0) is 37.0 Å². The molecular formula is C24H27F7N4O2S. The monoisotopic (exact) mass is 568 g/mol. The number of halogens is 7. The Kier molecular flexibility index (Phi) is 7.86. The molecule has 2 aliphatic rings. The van der Waals surface area contributed by atoms with Gasteiger partial charge in [-0.15, -0.1) is 0 Å². The van der Waals surface area contributed by atoms with Crippen LogP contribution in [0.5, 0.6) is 0 Å². The highest BCUT2D eigenvalue weighted by atomic mass is 32.2. The van der Waals surface area contributed by atoms with Gasteiger partial charge in [0.2, 0.25) is 0 Å². The molecule has 1 aromatic heterocycles. The molecule has 1 aromatic carbocycles. The van der Waals surface area contributed by atoms with Gasteiger partial charge in [0.15, 0.2) is 5.82 Å². The van der Waals surface area contributed by atoms with Crippen LogP contribution in [0.4, 0.5) is 42.1 Å². The number of hydrogen-bond acceptors (Lipinski definition) is 5. The highest BCUT2D eigenvalue weighted by Gasteiger charge is 2.52. The Morgan fingerprint density at radius 1 is 1.05 bits per heavy atom. The molecule has 0 bridgehead atoms. The molecule has 2 heterocycles. The number of nitrogen functional groups attached to an aromatic ring is 1. The first-order valence-electron chi connectivity index (χ1n) is 12.1. The number of pyridine rings is 1. The van der Waals surface area contributed by atoms with Crippen LogP contribution in [0.25, 0.3) is 0 Å². The van der Waals surface area contributed by atoms with Crippen molar-refractivity contribution in [3.8, 4) is 0 Å². The van der Waals surface area contributed by atoms with Gasteiger partial charge < -0.3 is 10.6 Å². The maximum Gasteiger partial charge on any atom is 0.511 e. The fraction of sp³-hybridized carbons (Fsp3) is 0.542. The van der Waals surface area contributed by atoms with Gasteiger partial charge in [-0.1, -0.05) is 31.7 Å². The van der Waals surface area contributed by atoms with E-state index in [0.717, 1.165) is 37.9 Å². The van der Waals surface area contributed by atoms with Crippen LogP contribution in [0, 0.1) is 11.7 Å². The second-order valence-electron chi connectivity index (χ2n) is 9.75. The average Bonchev–Trinajstić information content (AvgIpc) is 3.28. The summed E-state index contributed by atoms with van der Waals surface area (Å²) in [5.74, 6) is -0.516. The number of hydrogen-bond donors (Lipinski definition) is 1. The number of aromatic nitrogens is 1. The van der Waals surface area contributed by atoms with E-state index in [2.05, 4.69) is 4.98 Å². The number of nitrogens with two attached hydrogens (primary N) is 1. The zero-order valence-corrected chi connectivity index (χ0v) is 21.0. The summed E-state index contributed by atoms with van der Waals surface area (Å²) in [6.07, 6.45) is 0.546. The van der Waals surface area contributed by atoms with Gasteiger partial charge in [0, 0.05) is 30.4 Å². The minimum Gasteiger partial charge on any atom is -0.396 e. The van der Waals surface area contributed by atoms with Crippen LogP contribution in [-0.4, -0.2) is 35.8 Å². The van der Waals surface area contributed by atoms with Crippen molar-refractivity contribution >= 4 is 21.4 Å². The van der Waals surface area contributed by atoms with E-state index in [0.29, 0.717) is 12.5 Å². The van der Waals surface area contributed by atoms with Crippen molar-refractivity contribution in [3.63, 3.8) is 0 Å². The molecule has 0 amide bonds. The number of alkyl halides is 6. The lowest BCUT2D eigenvalue weighted by atomic mass is 9.97. The molecule has 38 heavy (non-hydrogen) atoms. The summed E-state index contributed by atoms with van der Waals surface area (Å²) in [6, 6.07) is 3.45. The number of rotatable bonds is 6. The normalized spacial score (nSPS) is 20.0. The smallest absolute Gasteiger partial charge is 0.396 e. The van der Waals surface area contributed by atoms with Crippen LogP contribution in [0.1, 0.15) is 55.3 Å². The van der Waals surface area contributed by atoms with Gasteiger partial charge in [-0.25, -0.2) is 12.8 Å². The van der Waals surface area contributed by atoms with E-state index >= 15 is 0 Å². The lowest BCUT2D eigenvalue weighted by molar-refractivity contribution is -0.138. The Balaban J connectivity index is 1.85. The van der Waals surface area contributed by atoms with Gasteiger partial charge in [-0.2, -0.15) is 30.6 Å². The first-order chi connectivity index (χ1) is 17.7. The maximum absolute atomic E-state index is 14.0. The molecular weight excluding hydrogens is 541 g/mol. The van der Waals surface area contributed by atoms with Crippen molar-refractivity contribution in [2.24, 2.45) is 5.92 Å². The van der Waals surface area contributed by atoms with Gasteiger partial charge in [0.05, 0.1) is 29.7 Å². The zero-order valence-electron chi connectivity index (χ0n) is 20.2. The summed E-state index contributed by atoms with van der Waals surface area (Å²) >= 11 is 0. The van der Waals surface area contributed by atoms with Crippen molar-refractivity contribution < 1.29 is 39.2 Å². The summed E-state index contributed by atoms with van der Waals surface area (Å²) in [7, 11) is -5.95. The molecule has 0 radical (unpaired) electrons. The summed E-state index contributed by atoms with van der Waals surface area (Å²) in [5.41, 5.74) is -2.01. The number of anilines is 2. The summed E-state index contributed by atoms with van der Waals surface area (Å²) < 4.78 is 122. The van der Waals surface area contributed by atoms with E-state index in [1.165, 1.54) is 17.0 Å². The van der Waals surface area contributed by atoms with E-state index in [9.17, 15) is 39.2 Å². The number of benzene rings is 1. The number of nitrogens with zero attached hydrogens (tertiary/aromatic N) is 3. The molecule has 1 aliphatic carbocycles. The lowest BCUT2D eigenvalue weighted by Gasteiger charge is -2.35. The fourth-order valence-corrected chi connectivity index (χ4v) is 6.29. The number of fused-ring (bicyclic) bond motifs is 1. The minimum absolute atomic E-state index is 0.0548. The molecule has 14 heteroatoms. The van der Waals surface area contributed by atoms with Crippen molar-refractivity contribution in [3.05, 3.63) is 53.1 Å². The van der Waals surface area contributed by atoms with Crippen molar-refractivity contribution in [2.45, 2.75) is 69.3 Å². The Morgan fingerprint density at radius 3 is 2.34 bits per heavy atom. The topological polar surface area (TPSA) is 79.5 Å². The zero-order chi connectivity index (χ0) is 27.9. The molecule has 1 saturated carbocycles. The van der Waals surface area contributed by atoms with Gasteiger partial charge in [0.25, 0.3) is 0 Å². The third kappa shape index (κ3) is 5.85. The first kappa shape index (κ1) is 28.4. The van der Waals surface area contributed by atoms with Crippen LogP contribution >= 0.6 is 0 Å². The molecule has 2 aromatic rings. The van der Waals surface area contributed by atoms with Gasteiger partial charge in [0.1, 0.15) is 0 Å². The van der Waals surface area contributed by atoms with Crippen LogP contribution in [-0.2, 0) is 29.3 Å². The summed E-state index contributed by atoms with van der Waals surface area (Å²) in [4.78, 5) is 5.41. The van der Waals surface area contributed by atoms with Crippen molar-refractivity contribution in [1.82, 2.24) is 9.29 Å². The third-order valence-corrected chi connectivity index (χ3v) is 8.79. The molecule has 1 aliphatic heterocycles. The second-order valence-corrected chi connectivity index (χ2v) is 11.7. The van der Waals surface area contributed by atoms with E-state index < -0.39 is 57.8 Å². The van der Waals surface area contributed by atoms with Gasteiger partial charge >= 0.3 is 21.7 Å². The summed E-state index contributed by atoms with van der Waals surface area (Å²) in [6.45, 7) is -2.01. The average molecular weight is 569 g/mol. The van der Waals surface area contributed by atoms with Crippen LogP contribution in [0.15, 0.2) is 30.5 Å². The maximum atomic E-state index is 14.0. The van der Waals surface area contributed by atoms with Gasteiger partial charge in [-0.3, -0.25) is 4.98 Å². The molecule has 1 fully saturated rings. The minimum atomic E-state index is -5.95. The molecule has 6 nitrogen and oxygen atoms in total. The molecule has 2 N–H and O–H groups in total. The standard InChI is InChI=1S/C24H27F7N4O2S/c25-20-11-33-16(10-21(20)32)12-35-17(9-8-15-4-1-2-5-15)13-34(38(36,37)24(29,30)31)14-18-19(23(26,27)28)6-3-7-22(18)35/h3,6-7,10-11,15,17H,1-2,4-5,8-9,12-14H2,(H2,32,33)/t17-/m1/s1. The fourth-order valence-electron chi connectivity index (χ4n) is 5.33. The third-order valence-electron chi connectivity index (χ3n) is 7.24. The predicted octanol–water partition coefficient (Wildman–Crippen LogP) is 5.83. The predicted molar refractivity (Wildman–Crippen MR) is 127 cm³/mol. The largest absolute Gasteiger partial charge is 0.511 e. The molecule has 1 atom stereocenters. The lowest BCUT2D eigenvalue weighted by Crippen LogP contribution is -2.47. The Hall–Kier alpha value is -2.61. The van der Waals surface area contributed by atoms with Crippen LogP contribution in [0.2, 0.25) is 0 Å². The van der Waals surface area contributed by atoms with E-state index in [1.807, 2.05) is 0 Å². The van der Waals surface area contributed by atoms with Crippen molar-refractivity contribution in [1.29, 1.82) is 0 Å². The Morgan fingerprint density at radius 2 is 1.74 bits per heavy atom. The highest BCUT2D eigenvalue weighted by molar-refractivity contribution is 7.89. The number of sulfonamides is 1. The quantitative estimate of drug-likeness (QED) is 0.444. The highest BCUT2D eigenvalue weighted by Crippen LogP contribution is 2.42. The van der Waals surface area contributed by atoms with Crippen LogP contribution < -0.4 is 10.6 Å². The molecule has 210 valence electrons. The molecule has 4 rings (SSSR count). The molecule has 0 saturated heterocycles. The SMILES string of the molecule is Nc1cc(CN2c3cccc(C(F)(F)F)c3CN(S(=O)(=O)C(F)(F)F)C[C@H]2CCC2CCCC2)ncc1F. The van der Waals surface area contributed by atoms with Crippen LogP contribution in [0.3, 0.4) is 0 Å².